The second-order valence-electron chi connectivity index (χ2n) is 8.30. The Hall–Kier alpha value is -2.16. The highest BCUT2D eigenvalue weighted by Crippen LogP contribution is 2.20. The molecule has 2 aromatic rings. The number of thiol groups is 1. The molecule has 6 nitrogen and oxygen atoms in total. The number of thioether (sulfide) groups is 1. The number of carboxylic acids is 1. The van der Waals surface area contributed by atoms with Crippen molar-refractivity contribution in [3.8, 4) is 0 Å². The molecule has 3 atom stereocenters. The topological polar surface area (TPSA) is 90.5 Å². The highest BCUT2D eigenvalue weighted by molar-refractivity contribution is 7.98. The maximum absolute atomic E-state index is 13.2. The smallest absolute Gasteiger partial charge is 0.326 e. The van der Waals surface area contributed by atoms with Crippen molar-refractivity contribution in [1.29, 1.82) is 0 Å². The molecule has 0 bridgehead atoms. The average molecular weight is 488 g/mol. The maximum Gasteiger partial charge on any atom is 0.326 e. The lowest BCUT2D eigenvalue weighted by molar-refractivity contribution is -0.139. The Morgan fingerprint density at radius 1 is 1.21 bits per heavy atom. The summed E-state index contributed by atoms with van der Waals surface area (Å²) in [7, 11) is 0. The zero-order valence-electron chi connectivity index (χ0n) is 18.9. The Bertz CT molecular complexity index is 926. The fraction of sp³-hybridized carbons (Fsp3) is 0.440. The van der Waals surface area contributed by atoms with Gasteiger partial charge in [0, 0.05) is 29.1 Å². The van der Waals surface area contributed by atoms with Crippen molar-refractivity contribution in [2.75, 3.05) is 30.4 Å². The summed E-state index contributed by atoms with van der Waals surface area (Å²) in [5.74, 6) is -0.690. The predicted octanol–water partition coefficient (Wildman–Crippen LogP) is 3.48. The third kappa shape index (κ3) is 7.69. The zero-order valence-corrected chi connectivity index (χ0v) is 20.6. The third-order valence-corrected chi connectivity index (χ3v) is 7.19. The van der Waals surface area contributed by atoms with Crippen molar-refractivity contribution in [2.45, 2.75) is 43.0 Å². The van der Waals surface area contributed by atoms with Gasteiger partial charge in [0.2, 0.25) is 0 Å². The molecule has 0 aliphatic carbocycles. The Labute approximate surface area is 205 Å². The summed E-state index contributed by atoms with van der Waals surface area (Å²) in [6, 6.07) is 15.3. The monoisotopic (exact) mass is 487 g/mol. The first-order valence-electron chi connectivity index (χ1n) is 11.3. The fourth-order valence-corrected chi connectivity index (χ4v) is 4.77. The van der Waals surface area contributed by atoms with Gasteiger partial charge in [-0.3, -0.25) is 4.79 Å². The van der Waals surface area contributed by atoms with Gasteiger partial charge in [-0.05, 0) is 67.5 Å². The van der Waals surface area contributed by atoms with Gasteiger partial charge in [0.25, 0.3) is 5.91 Å². The van der Waals surface area contributed by atoms with E-state index in [0.717, 1.165) is 30.6 Å². The summed E-state index contributed by atoms with van der Waals surface area (Å²) in [5, 5.41) is 19.4. The lowest BCUT2D eigenvalue weighted by Gasteiger charge is -2.19. The molecular weight excluding hydrogens is 454 g/mol. The van der Waals surface area contributed by atoms with Gasteiger partial charge in [-0.1, -0.05) is 36.4 Å². The van der Waals surface area contributed by atoms with Crippen molar-refractivity contribution >= 4 is 42.0 Å². The van der Waals surface area contributed by atoms with E-state index in [4.69, 9.17) is 0 Å². The van der Waals surface area contributed by atoms with E-state index in [1.54, 1.807) is 11.8 Å². The van der Waals surface area contributed by atoms with Gasteiger partial charge < -0.3 is 21.1 Å². The van der Waals surface area contributed by atoms with Crippen LogP contribution in [-0.2, 0) is 17.6 Å². The zero-order chi connectivity index (χ0) is 23.6. The van der Waals surface area contributed by atoms with Gasteiger partial charge in [0.05, 0.1) is 0 Å². The van der Waals surface area contributed by atoms with Crippen LogP contribution >= 0.6 is 24.4 Å². The Morgan fingerprint density at radius 3 is 2.67 bits per heavy atom. The molecule has 33 heavy (non-hydrogen) atoms. The van der Waals surface area contributed by atoms with E-state index in [1.165, 1.54) is 5.56 Å². The Morgan fingerprint density at radius 2 is 2.00 bits per heavy atom. The summed E-state index contributed by atoms with van der Waals surface area (Å²) in [4.78, 5) is 24.9. The first-order valence-corrected chi connectivity index (χ1v) is 13.2. The number of hydrogen-bond donors (Lipinski definition) is 5. The highest BCUT2D eigenvalue weighted by atomic mass is 32.2. The van der Waals surface area contributed by atoms with Crippen molar-refractivity contribution in [1.82, 2.24) is 10.6 Å². The van der Waals surface area contributed by atoms with Crippen LogP contribution in [-0.4, -0.2) is 59.4 Å². The molecule has 1 aliphatic rings. The molecule has 1 saturated heterocycles. The molecule has 1 amide bonds. The summed E-state index contributed by atoms with van der Waals surface area (Å²) >= 11 is 6.19. The lowest BCUT2D eigenvalue weighted by Crippen LogP contribution is -2.41. The Kier molecular flexibility index (Phi) is 9.96. The van der Waals surface area contributed by atoms with Crippen LogP contribution in [0.4, 0.5) is 5.69 Å². The van der Waals surface area contributed by atoms with Crippen LogP contribution in [0.1, 0.15) is 34.3 Å². The molecule has 0 saturated carbocycles. The number of nitrogens with one attached hydrogen (secondary N) is 3. The molecule has 1 aliphatic heterocycles. The van der Waals surface area contributed by atoms with Gasteiger partial charge in [0.15, 0.2) is 0 Å². The molecule has 0 aromatic heterocycles. The van der Waals surface area contributed by atoms with E-state index < -0.39 is 12.0 Å². The molecule has 2 aromatic carbocycles. The number of aliphatic carboxylic acids is 1. The van der Waals surface area contributed by atoms with Crippen LogP contribution in [0, 0.1) is 0 Å². The summed E-state index contributed by atoms with van der Waals surface area (Å²) in [6.07, 6.45) is 4.84. The van der Waals surface area contributed by atoms with Gasteiger partial charge in [-0.2, -0.15) is 24.4 Å². The minimum Gasteiger partial charge on any atom is -0.480 e. The van der Waals surface area contributed by atoms with E-state index >= 15 is 0 Å². The number of aryl methyl sites for hydroxylation is 2. The number of carbonyl (C=O) groups excluding carboxylic acids is 1. The molecular formula is C25H33N3O3S2. The molecule has 4 N–H and O–H groups in total. The first-order chi connectivity index (χ1) is 16.0. The van der Waals surface area contributed by atoms with Crippen molar-refractivity contribution in [3.63, 3.8) is 0 Å². The van der Waals surface area contributed by atoms with E-state index in [0.29, 0.717) is 36.0 Å². The molecule has 8 heteroatoms. The first kappa shape index (κ1) is 25.5. The molecule has 1 fully saturated rings. The Balaban J connectivity index is 1.77. The molecule has 0 radical (unpaired) electrons. The van der Waals surface area contributed by atoms with Crippen LogP contribution in [0.3, 0.4) is 0 Å². The number of amides is 1. The van der Waals surface area contributed by atoms with Crippen molar-refractivity contribution in [2.24, 2.45) is 0 Å². The standard InChI is InChI=1S/C25H33N3O3S2/c1-33-14-12-21(25(30)31)28-24(29)20-15-19(27-16-22-23(32)11-13-26-22)10-9-18(20)8-7-17-5-3-2-4-6-17/h2-6,9-10,15,21-23,26-27,32H,7-8,11-14,16H2,1H3,(H,28,29)(H,30,31)/t21-,22-,23+/m0/s1. The third-order valence-electron chi connectivity index (χ3n) is 5.93. The number of carboxylic acid groups (broad SMARTS) is 1. The minimum atomic E-state index is -1.01. The van der Waals surface area contributed by atoms with Crippen LogP contribution in [0.25, 0.3) is 0 Å². The number of carbonyl (C=O) groups is 2. The van der Waals surface area contributed by atoms with Crippen LogP contribution in [0.2, 0.25) is 0 Å². The van der Waals surface area contributed by atoms with E-state index in [1.807, 2.05) is 42.7 Å². The van der Waals surface area contributed by atoms with Gasteiger partial charge >= 0.3 is 5.97 Å². The number of rotatable bonds is 12. The summed E-state index contributed by atoms with van der Waals surface area (Å²) in [6.45, 7) is 1.67. The largest absolute Gasteiger partial charge is 0.480 e. The summed E-state index contributed by atoms with van der Waals surface area (Å²) < 4.78 is 0. The van der Waals surface area contributed by atoms with E-state index in [9.17, 15) is 14.7 Å². The van der Waals surface area contributed by atoms with E-state index in [-0.39, 0.29) is 11.9 Å². The second kappa shape index (κ2) is 12.9. The predicted molar refractivity (Wildman–Crippen MR) is 140 cm³/mol. The summed E-state index contributed by atoms with van der Waals surface area (Å²) in [5.41, 5.74) is 3.46. The number of anilines is 1. The average Bonchev–Trinajstić information content (AvgIpc) is 3.24. The van der Waals surface area contributed by atoms with Crippen molar-refractivity contribution < 1.29 is 14.7 Å². The maximum atomic E-state index is 13.2. The molecule has 0 spiro atoms. The van der Waals surface area contributed by atoms with Crippen LogP contribution in [0.15, 0.2) is 48.5 Å². The number of hydrogen-bond acceptors (Lipinski definition) is 6. The van der Waals surface area contributed by atoms with Crippen molar-refractivity contribution in [3.05, 3.63) is 65.2 Å². The van der Waals surface area contributed by atoms with Gasteiger partial charge in [-0.15, -0.1) is 0 Å². The van der Waals surface area contributed by atoms with Crippen LogP contribution in [0.5, 0.6) is 0 Å². The minimum absolute atomic E-state index is 0.270. The number of benzene rings is 2. The second-order valence-corrected chi connectivity index (χ2v) is 9.95. The molecule has 178 valence electrons. The highest BCUT2D eigenvalue weighted by Gasteiger charge is 2.24. The van der Waals surface area contributed by atoms with Gasteiger partial charge in [0.1, 0.15) is 6.04 Å². The molecule has 1 heterocycles. The SMILES string of the molecule is CSCC[C@H](NC(=O)c1cc(NC[C@@H]2NCC[C@H]2S)ccc1CCc1ccccc1)C(=O)O. The fourth-order valence-electron chi connectivity index (χ4n) is 3.96. The van der Waals surface area contributed by atoms with E-state index in [2.05, 4.69) is 40.7 Å². The lowest BCUT2D eigenvalue weighted by atomic mass is 9.98. The normalized spacial score (nSPS) is 18.6. The molecule has 3 rings (SSSR count). The quantitative estimate of drug-likeness (QED) is 0.295. The van der Waals surface area contributed by atoms with Gasteiger partial charge in [-0.25, -0.2) is 4.79 Å². The van der Waals surface area contributed by atoms with Crippen LogP contribution < -0.4 is 16.0 Å². The molecule has 0 unspecified atom stereocenters.